The fraction of sp³-hybridized carbons (Fsp3) is 0.182. The minimum absolute atomic E-state index is 0.0205. The average molecular weight is 527 g/mol. The second-order valence-electron chi connectivity index (χ2n) is 9.86. The summed E-state index contributed by atoms with van der Waals surface area (Å²) >= 11 is 0. The maximum atomic E-state index is 13.6. The molecule has 6 heteroatoms. The normalized spacial score (nSPS) is 12.4. The topological polar surface area (TPSA) is 34.0 Å². The summed E-state index contributed by atoms with van der Waals surface area (Å²) in [5.41, 5.74) is 4.76. The van der Waals surface area contributed by atoms with Crippen LogP contribution in [0.5, 0.6) is 0 Å². The Balaban J connectivity index is 1.53. The molecule has 0 bridgehead atoms. The monoisotopic (exact) mass is 526 g/mol. The summed E-state index contributed by atoms with van der Waals surface area (Å²) in [4.78, 5) is 13.2. The molecule has 0 aliphatic heterocycles. The van der Waals surface area contributed by atoms with Crippen LogP contribution in [0.3, 0.4) is 0 Å². The van der Waals surface area contributed by atoms with E-state index in [2.05, 4.69) is 34.1 Å². The summed E-state index contributed by atoms with van der Waals surface area (Å²) in [7, 11) is 0. The largest absolute Gasteiger partial charge is 0.416 e. The van der Waals surface area contributed by atoms with E-state index in [0.717, 1.165) is 33.7 Å². The number of nitrogens with one attached hydrogen (secondary N) is 1. The van der Waals surface area contributed by atoms with Crippen molar-refractivity contribution in [2.75, 3.05) is 0 Å². The van der Waals surface area contributed by atoms with Gasteiger partial charge in [0.25, 0.3) is 0 Å². The third-order valence-corrected chi connectivity index (χ3v) is 7.01. The number of para-hydroxylation sites is 1. The SMILES string of the molecule is Cc1ccc(Cn2cc([C@H](CC(=O)NCc3ccccc3)c3cccc(C(F)(F)F)c3)c3ccccc32)cc1. The number of benzene rings is 4. The summed E-state index contributed by atoms with van der Waals surface area (Å²) in [6.07, 6.45) is -2.47. The Labute approximate surface area is 225 Å². The molecular weight excluding hydrogens is 497 g/mol. The number of aryl methyl sites for hydroxylation is 1. The number of nitrogens with zero attached hydrogens (tertiary/aromatic N) is 1. The van der Waals surface area contributed by atoms with Gasteiger partial charge in [-0.3, -0.25) is 4.79 Å². The van der Waals surface area contributed by atoms with Crippen molar-refractivity contribution in [1.29, 1.82) is 0 Å². The van der Waals surface area contributed by atoms with Crippen molar-refractivity contribution in [2.24, 2.45) is 0 Å². The quantitative estimate of drug-likeness (QED) is 0.219. The van der Waals surface area contributed by atoms with Gasteiger partial charge in [0.15, 0.2) is 0 Å². The first-order valence-electron chi connectivity index (χ1n) is 12.9. The van der Waals surface area contributed by atoms with E-state index in [-0.39, 0.29) is 12.3 Å². The molecule has 1 aromatic heterocycles. The van der Waals surface area contributed by atoms with Crippen molar-refractivity contribution in [3.05, 3.63) is 143 Å². The molecule has 0 fully saturated rings. The number of hydrogen-bond donors (Lipinski definition) is 1. The molecular formula is C33H29F3N2O. The van der Waals surface area contributed by atoms with Gasteiger partial charge in [-0.1, -0.05) is 96.6 Å². The number of amides is 1. The maximum absolute atomic E-state index is 13.6. The van der Waals surface area contributed by atoms with Crippen LogP contribution >= 0.6 is 0 Å². The van der Waals surface area contributed by atoms with Gasteiger partial charge in [-0.25, -0.2) is 0 Å². The highest BCUT2D eigenvalue weighted by atomic mass is 19.4. The maximum Gasteiger partial charge on any atom is 0.416 e. The second kappa shape index (κ2) is 11.2. The van der Waals surface area contributed by atoms with Crippen LogP contribution in [0.25, 0.3) is 10.9 Å². The number of hydrogen-bond acceptors (Lipinski definition) is 1. The molecule has 5 rings (SSSR count). The zero-order chi connectivity index (χ0) is 27.4. The fourth-order valence-corrected chi connectivity index (χ4v) is 4.97. The Bertz CT molecular complexity index is 1570. The van der Waals surface area contributed by atoms with E-state index in [9.17, 15) is 18.0 Å². The smallest absolute Gasteiger partial charge is 0.352 e. The van der Waals surface area contributed by atoms with Gasteiger partial charge >= 0.3 is 6.18 Å². The second-order valence-corrected chi connectivity index (χ2v) is 9.86. The van der Waals surface area contributed by atoms with Crippen molar-refractivity contribution in [1.82, 2.24) is 9.88 Å². The molecule has 39 heavy (non-hydrogen) atoms. The summed E-state index contributed by atoms with van der Waals surface area (Å²) in [6.45, 7) is 3.00. The molecule has 1 atom stereocenters. The Morgan fingerprint density at radius 1 is 0.846 bits per heavy atom. The van der Waals surface area contributed by atoms with E-state index < -0.39 is 17.7 Å². The van der Waals surface area contributed by atoms with Gasteiger partial charge in [0.2, 0.25) is 5.91 Å². The average Bonchev–Trinajstić information content (AvgIpc) is 3.30. The van der Waals surface area contributed by atoms with Crippen molar-refractivity contribution in [2.45, 2.75) is 38.5 Å². The van der Waals surface area contributed by atoms with Gasteiger partial charge in [0.1, 0.15) is 0 Å². The molecule has 1 amide bonds. The third kappa shape index (κ3) is 6.23. The van der Waals surface area contributed by atoms with Crippen molar-refractivity contribution < 1.29 is 18.0 Å². The van der Waals surface area contributed by atoms with E-state index in [4.69, 9.17) is 0 Å². The van der Waals surface area contributed by atoms with Gasteiger partial charge in [0, 0.05) is 42.5 Å². The first-order chi connectivity index (χ1) is 18.8. The highest BCUT2D eigenvalue weighted by molar-refractivity contribution is 5.87. The first kappa shape index (κ1) is 26.3. The molecule has 0 aliphatic carbocycles. The lowest BCUT2D eigenvalue weighted by atomic mass is 9.87. The van der Waals surface area contributed by atoms with Crippen LogP contribution in [0, 0.1) is 6.92 Å². The molecule has 4 aromatic carbocycles. The highest BCUT2D eigenvalue weighted by Crippen LogP contribution is 2.38. The number of carbonyl (C=O) groups excluding carboxylic acids is 1. The van der Waals surface area contributed by atoms with Gasteiger partial charge in [-0.05, 0) is 41.3 Å². The molecule has 198 valence electrons. The number of fused-ring (bicyclic) bond motifs is 1. The van der Waals surface area contributed by atoms with Gasteiger partial charge in [-0.2, -0.15) is 13.2 Å². The summed E-state index contributed by atoms with van der Waals surface area (Å²) in [5.74, 6) is -0.788. The van der Waals surface area contributed by atoms with E-state index in [1.165, 1.54) is 17.7 Å². The van der Waals surface area contributed by atoms with Crippen LogP contribution in [0.2, 0.25) is 0 Å². The summed E-state index contributed by atoms with van der Waals surface area (Å²) < 4.78 is 43.1. The van der Waals surface area contributed by atoms with Crippen LogP contribution in [0.4, 0.5) is 13.2 Å². The predicted octanol–water partition coefficient (Wildman–Crippen LogP) is 7.86. The lowest BCUT2D eigenvalue weighted by molar-refractivity contribution is -0.137. The van der Waals surface area contributed by atoms with Crippen molar-refractivity contribution >= 4 is 16.8 Å². The van der Waals surface area contributed by atoms with E-state index in [1.807, 2.05) is 67.7 Å². The summed E-state index contributed by atoms with van der Waals surface area (Å²) in [5, 5.41) is 3.87. The van der Waals surface area contributed by atoms with Crippen LogP contribution < -0.4 is 5.32 Å². The van der Waals surface area contributed by atoms with Crippen molar-refractivity contribution in [3.8, 4) is 0 Å². The lowest BCUT2D eigenvalue weighted by Crippen LogP contribution is -2.25. The van der Waals surface area contributed by atoms with Crippen LogP contribution in [-0.2, 0) is 24.1 Å². The van der Waals surface area contributed by atoms with Crippen LogP contribution in [0.1, 0.15) is 45.7 Å². The number of carbonyl (C=O) groups is 1. The number of rotatable bonds is 8. The lowest BCUT2D eigenvalue weighted by Gasteiger charge is -2.19. The van der Waals surface area contributed by atoms with E-state index in [1.54, 1.807) is 6.07 Å². The molecule has 0 saturated heterocycles. The number of halogens is 3. The standard InChI is InChI=1S/C33H29F3N2O/c1-23-14-16-25(17-15-23)21-38-22-30(28-12-5-6-13-31(28)38)29(26-10-7-11-27(18-26)33(34,35)36)19-32(39)37-20-24-8-3-2-4-9-24/h2-18,22,29H,19-21H2,1H3,(H,37,39)/t29-/m1/s1. The molecule has 1 N–H and O–H groups in total. The van der Waals surface area contributed by atoms with Crippen LogP contribution in [0.15, 0.2) is 109 Å². The molecule has 3 nitrogen and oxygen atoms in total. The predicted molar refractivity (Wildman–Crippen MR) is 148 cm³/mol. The third-order valence-electron chi connectivity index (χ3n) is 7.01. The zero-order valence-electron chi connectivity index (χ0n) is 21.6. The highest BCUT2D eigenvalue weighted by Gasteiger charge is 2.32. The Morgan fingerprint density at radius 2 is 1.56 bits per heavy atom. The molecule has 0 saturated carbocycles. The molecule has 0 radical (unpaired) electrons. The summed E-state index contributed by atoms with van der Waals surface area (Å²) in [6, 6.07) is 31.0. The minimum Gasteiger partial charge on any atom is -0.352 e. The molecule has 0 spiro atoms. The Kier molecular flexibility index (Phi) is 7.55. The number of alkyl halides is 3. The molecule has 0 unspecified atom stereocenters. The van der Waals surface area contributed by atoms with Crippen LogP contribution in [-0.4, -0.2) is 10.5 Å². The molecule has 5 aromatic rings. The molecule has 1 heterocycles. The molecule has 0 aliphatic rings. The van der Waals surface area contributed by atoms with Crippen molar-refractivity contribution in [3.63, 3.8) is 0 Å². The van der Waals surface area contributed by atoms with E-state index in [0.29, 0.717) is 18.7 Å². The van der Waals surface area contributed by atoms with E-state index >= 15 is 0 Å². The fourth-order valence-electron chi connectivity index (χ4n) is 4.97. The van der Waals surface area contributed by atoms with Gasteiger partial charge in [-0.15, -0.1) is 0 Å². The number of aromatic nitrogens is 1. The minimum atomic E-state index is -4.48. The first-order valence-corrected chi connectivity index (χ1v) is 12.9. The Morgan fingerprint density at radius 3 is 2.31 bits per heavy atom. The Hall–Kier alpha value is -4.32. The zero-order valence-corrected chi connectivity index (χ0v) is 21.6. The van der Waals surface area contributed by atoms with Gasteiger partial charge in [0.05, 0.1) is 5.56 Å². The van der Waals surface area contributed by atoms with Gasteiger partial charge < -0.3 is 9.88 Å².